The van der Waals surface area contributed by atoms with Gasteiger partial charge in [0.15, 0.2) is 116 Å². The predicted molar refractivity (Wildman–Crippen MR) is 260 cm³/mol. The van der Waals surface area contributed by atoms with E-state index < -0.39 is 317 Å². The highest BCUT2D eigenvalue weighted by Crippen LogP contribution is 2.44. The molecule has 0 aromatic heterocycles. The second-order valence-electron chi connectivity index (χ2n) is 20.0. The third-order valence-electron chi connectivity index (χ3n) is 15.7. The van der Waals surface area contributed by atoms with Gasteiger partial charge in [-0.15, -0.1) is 30.6 Å². The van der Waals surface area contributed by atoms with Crippen LogP contribution in [0.1, 0.15) is 49.9 Å². The van der Waals surface area contributed by atoms with Gasteiger partial charge in [0.2, 0.25) is 41.6 Å². The highest BCUT2D eigenvalue weighted by molar-refractivity contribution is 7.23. The first-order valence-electron chi connectivity index (χ1n) is 25.7. The van der Waals surface area contributed by atoms with Crippen molar-refractivity contribution in [2.45, 2.75) is 65.6 Å². The predicted octanol–water partition coefficient (Wildman–Crippen LogP) is 16.2. The number of hydrogen-bond donors (Lipinski definition) is 1. The van der Waals surface area contributed by atoms with Gasteiger partial charge in [0.25, 0.3) is 0 Å². The first-order chi connectivity index (χ1) is 43.5. The molecule has 0 radical (unpaired) electrons. The number of hydrogen-bond acceptors (Lipinski definition) is 0. The van der Waals surface area contributed by atoms with Gasteiger partial charge in [0.05, 0.1) is 21.5 Å². The summed E-state index contributed by atoms with van der Waals surface area (Å²) < 4.78 is 537. The Labute approximate surface area is 498 Å². The Balaban J connectivity index is 0.000000460. The van der Waals surface area contributed by atoms with Crippen LogP contribution >= 0.6 is 0 Å². The van der Waals surface area contributed by atoms with Crippen LogP contribution in [-0.4, -0.2) is 25.2 Å². The van der Waals surface area contributed by atoms with Gasteiger partial charge in [-0.25, -0.2) is 123 Å². The van der Waals surface area contributed by atoms with Crippen LogP contribution in [0.15, 0.2) is 0 Å². The average molecular weight is 1400 g/mol. The van der Waals surface area contributed by atoms with Gasteiger partial charge in [-0.2, -0.15) is 26.3 Å². The molecule has 0 aliphatic carbocycles. The Kier molecular flexibility index (Phi) is 18.6. The van der Waals surface area contributed by atoms with Crippen molar-refractivity contribution in [3.8, 4) is 0 Å². The molecule has 0 bridgehead atoms. The fourth-order valence-electron chi connectivity index (χ4n) is 11.8. The van der Waals surface area contributed by atoms with E-state index in [-0.39, 0.29) is 0 Å². The number of fused-ring (bicyclic) bond motifs is 4. The van der Waals surface area contributed by atoms with Crippen molar-refractivity contribution >= 4 is 76.8 Å². The van der Waals surface area contributed by atoms with Crippen LogP contribution < -0.4 is 26.8 Å². The molecule has 37 heteroatoms. The molecule has 1 nitrogen and oxygen atoms in total. The molecule has 0 fully saturated rings. The zero-order valence-corrected chi connectivity index (χ0v) is 45.8. The van der Waals surface area contributed by atoms with Crippen molar-refractivity contribution in [3.05, 3.63) is 191 Å². The summed E-state index contributed by atoms with van der Waals surface area (Å²) in [6.45, 7) is -0.360. The Morgan fingerprint density at radius 1 is 0.234 bits per heavy atom. The van der Waals surface area contributed by atoms with Crippen molar-refractivity contribution in [3.63, 3.8) is 0 Å². The molecule has 0 saturated heterocycles. The fourth-order valence-corrected chi connectivity index (χ4v) is 11.8. The summed E-state index contributed by atoms with van der Waals surface area (Å²) >= 11 is 0. The molecule has 1 N–H and O–H groups in total. The van der Waals surface area contributed by atoms with E-state index in [9.17, 15) is 48.3 Å². The third-order valence-corrected chi connectivity index (χ3v) is 15.7. The van der Waals surface area contributed by atoms with Crippen LogP contribution in [0.5, 0.6) is 0 Å². The van der Waals surface area contributed by atoms with Gasteiger partial charge in [0.1, 0.15) is 29.4 Å². The topological polar surface area (TPSA) is 4.44 Å². The van der Waals surface area contributed by atoms with Crippen molar-refractivity contribution in [2.24, 2.45) is 0 Å². The van der Waals surface area contributed by atoms with Crippen LogP contribution in [0, 0.1) is 169 Å². The summed E-state index contributed by atoms with van der Waals surface area (Å²) in [5, 5.41) is -19.9. The van der Waals surface area contributed by atoms with E-state index in [0.29, 0.717) is 27.7 Å². The van der Waals surface area contributed by atoms with Crippen molar-refractivity contribution < 1.29 is 159 Å². The fraction of sp³-hybridized carbons (Fsp3) is 0.193. The first-order valence-corrected chi connectivity index (χ1v) is 25.7. The normalized spacial score (nSPS) is 12.8. The number of aryl methyl sites for hydroxylation is 4. The molecule has 504 valence electrons. The summed E-state index contributed by atoms with van der Waals surface area (Å²) in [4.78, 5) is -2.91. The number of nitrogens with one attached hydrogen (secondary N) is 1. The Hall–Kier alpha value is -8.41. The molecule has 0 amide bonds. The van der Waals surface area contributed by atoms with Gasteiger partial charge in [-0.1, -0.05) is 27.7 Å². The maximum Gasteiger partial charge on any atom is 0.515 e. The minimum atomic E-state index is -7.12. The zero-order valence-electron chi connectivity index (χ0n) is 45.8. The lowest BCUT2D eigenvalue weighted by Crippen LogP contribution is -3.16. The van der Waals surface area contributed by atoms with Gasteiger partial charge in [-0.05, 0) is 69.5 Å². The molecule has 0 saturated carbocycles. The molecule has 9 aromatic carbocycles. The molecule has 0 heterocycles. The molecule has 9 aromatic rings. The number of alkyl halides is 6. The lowest BCUT2D eigenvalue weighted by atomic mass is 9.11. The Morgan fingerprint density at radius 3 is 0.574 bits per heavy atom. The van der Waals surface area contributed by atoms with Gasteiger partial charge in [-0.3, -0.25) is 0 Å². The molecule has 1 atom stereocenters. The van der Waals surface area contributed by atoms with E-state index in [1.54, 1.807) is 0 Å². The van der Waals surface area contributed by atoms with E-state index >= 15 is 105 Å². The largest absolute Gasteiger partial charge is 0.515 e. The second kappa shape index (κ2) is 24.4. The molecule has 94 heavy (non-hydrogen) atoms. The smallest absolute Gasteiger partial charge is 0.207 e. The highest BCUT2D eigenvalue weighted by atomic mass is 19.4. The number of rotatable bonds is 11. The maximum absolute atomic E-state index is 18.1. The highest BCUT2D eigenvalue weighted by Gasteiger charge is 2.68. The SMILES string of the molecule is CCc1c(F)c(F)c(F)c2c(F)c(F)c(F)c([B-](c3c(F)c(F)c(F)c4c(F)c(F)c(F)c(CC)c34)(c3c(F)c(F)c(F)c4c(F)c(F)c(F)c(CC)c34)c3c(F)c(F)c(F)c4c(F)c(F)c(F)c(CC)c34)c12.FC[NH+](c1c(F)c(F)c(F)c(F)c1F)C(F)(F)C(F)(F)F. The van der Waals surface area contributed by atoms with Crippen molar-refractivity contribution in [1.82, 2.24) is 0 Å². The van der Waals surface area contributed by atoms with Gasteiger partial charge < -0.3 is 0 Å². The Bertz CT molecular complexity index is 4230. The van der Waals surface area contributed by atoms with E-state index in [0.717, 1.165) is 0 Å². The standard InChI is InChI=1S/C48H20BF24.C9H2F11N/c1-5-9-13-17(29(54)41(66)25(9)50)33(58)45(70)37(62)21(13)49(22-14-10(6-2)26(51)42(67)30(55)18(14)34(59)46(71)38(22)63,23-15-11(7-3)27(52)43(68)31(56)19(15)35(60)47(72)39(23)64)24-16-12(8-4)28(53)44(69)32(57)20(16)36(61)48(73)40(24)65;10-1-21(9(19,20)8(16,17)18)7-5(14)3(12)2(11)4(13)6(7)15/h5-8H2,1-4H3;1H2/q-1;/p+1. The van der Waals surface area contributed by atoms with E-state index in [1.807, 2.05) is 0 Å². The molecular weight excluding hydrogens is 1370 g/mol. The van der Waals surface area contributed by atoms with Gasteiger partial charge in [0, 0.05) is 0 Å². The molecule has 1 unspecified atom stereocenters. The molecule has 9 rings (SSSR count). The molecule has 0 aliphatic heterocycles. The molecule has 0 aliphatic rings. The van der Waals surface area contributed by atoms with E-state index in [1.165, 1.54) is 0 Å². The maximum atomic E-state index is 18.1. The van der Waals surface area contributed by atoms with E-state index in [2.05, 4.69) is 0 Å². The van der Waals surface area contributed by atoms with Crippen LogP contribution in [0.4, 0.5) is 159 Å². The number of benzene rings is 9. The minimum Gasteiger partial charge on any atom is -0.207 e. The summed E-state index contributed by atoms with van der Waals surface area (Å²) in [5.74, 6) is -89.0. The van der Waals surface area contributed by atoms with Crippen LogP contribution in [0.25, 0.3) is 43.1 Å². The van der Waals surface area contributed by atoms with Crippen LogP contribution in [-0.2, 0) is 25.7 Å². The zero-order chi connectivity index (χ0) is 71.2. The van der Waals surface area contributed by atoms with Crippen molar-refractivity contribution in [1.29, 1.82) is 0 Å². The van der Waals surface area contributed by atoms with Crippen molar-refractivity contribution in [2.75, 3.05) is 6.80 Å². The Morgan fingerprint density at radius 2 is 0.404 bits per heavy atom. The lowest BCUT2D eigenvalue weighted by Gasteiger charge is -2.48. The lowest BCUT2D eigenvalue weighted by molar-refractivity contribution is -0.961. The third kappa shape index (κ3) is 9.53. The second-order valence-corrected chi connectivity index (χ2v) is 20.0. The quantitative estimate of drug-likeness (QED) is 0.0433. The number of quaternary nitrogens is 1. The molecular formula is C57H23BF35N. The van der Waals surface area contributed by atoms with Crippen LogP contribution in [0.3, 0.4) is 0 Å². The summed E-state index contributed by atoms with van der Waals surface area (Å²) in [7, 11) is 0. The summed E-state index contributed by atoms with van der Waals surface area (Å²) in [5.41, 5.74) is -22.1. The number of halogens is 35. The van der Waals surface area contributed by atoms with E-state index in [4.69, 9.17) is 0 Å². The molecule has 0 spiro atoms. The monoisotopic (exact) mass is 1400 g/mol. The van der Waals surface area contributed by atoms with Crippen LogP contribution in [0.2, 0.25) is 0 Å². The van der Waals surface area contributed by atoms with Gasteiger partial charge >= 0.3 is 12.2 Å². The first kappa shape index (κ1) is 71.4. The summed E-state index contributed by atoms with van der Waals surface area (Å²) in [6.07, 6.45) is -19.5. The summed E-state index contributed by atoms with van der Waals surface area (Å²) in [6, 6.07) is -6.12. The average Bonchev–Trinajstić information content (AvgIpc) is 0.661. The minimum absolute atomic E-state index is 0.607.